The van der Waals surface area contributed by atoms with E-state index in [4.69, 9.17) is 4.74 Å². The molecule has 0 aliphatic rings. The van der Waals surface area contributed by atoms with Gasteiger partial charge in [0.05, 0.1) is 0 Å². The SMILES string of the molecule is CC(=O)NNC(=O)COc1ccccc1-c1ccccc1. The molecule has 0 aliphatic heterocycles. The monoisotopic (exact) mass is 284 g/mol. The van der Waals surface area contributed by atoms with Crippen molar-refractivity contribution in [2.75, 3.05) is 6.61 Å². The Bertz CT molecular complexity index is 626. The van der Waals surface area contributed by atoms with Gasteiger partial charge < -0.3 is 4.74 Å². The van der Waals surface area contributed by atoms with Crippen LogP contribution in [0.15, 0.2) is 54.6 Å². The first kappa shape index (κ1) is 14.6. The van der Waals surface area contributed by atoms with Crippen LogP contribution in [-0.2, 0) is 9.59 Å². The van der Waals surface area contributed by atoms with Crippen LogP contribution in [0.3, 0.4) is 0 Å². The normalized spacial score (nSPS) is 9.76. The molecule has 0 saturated heterocycles. The fourth-order valence-corrected chi connectivity index (χ4v) is 1.79. The third-order valence-electron chi connectivity index (χ3n) is 2.71. The van der Waals surface area contributed by atoms with Gasteiger partial charge >= 0.3 is 0 Å². The van der Waals surface area contributed by atoms with Gasteiger partial charge in [-0.25, -0.2) is 0 Å². The number of carbonyl (C=O) groups is 2. The lowest BCUT2D eigenvalue weighted by Crippen LogP contribution is -2.42. The van der Waals surface area contributed by atoms with Crippen molar-refractivity contribution in [1.82, 2.24) is 10.9 Å². The zero-order valence-corrected chi connectivity index (χ0v) is 11.6. The molecule has 0 heterocycles. The van der Waals surface area contributed by atoms with Gasteiger partial charge in [0.15, 0.2) is 6.61 Å². The first-order valence-electron chi connectivity index (χ1n) is 6.49. The fourth-order valence-electron chi connectivity index (χ4n) is 1.79. The van der Waals surface area contributed by atoms with Crippen molar-refractivity contribution in [1.29, 1.82) is 0 Å². The maximum absolute atomic E-state index is 11.5. The topological polar surface area (TPSA) is 67.4 Å². The summed E-state index contributed by atoms with van der Waals surface area (Å²) in [4.78, 5) is 22.2. The summed E-state index contributed by atoms with van der Waals surface area (Å²) >= 11 is 0. The summed E-state index contributed by atoms with van der Waals surface area (Å²) in [5.74, 6) is -0.150. The zero-order chi connectivity index (χ0) is 15.1. The average molecular weight is 284 g/mol. The molecule has 2 amide bonds. The van der Waals surface area contributed by atoms with Crippen LogP contribution in [0.2, 0.25) is 0 Å². The second-order valence-electron chi connectivity index (χ2n) is 4.38. The van der Waals surface area contributed by atoms with Gasteiger partial charge in [0, 0.05) is 12.5 Å². The highest BCUT2D eigenvalue weighted by Gasteiger charge is 2.08. The summed E-state index contributed by atoms with van der Waals surface area (Å²) in [5, 5.41) is 0. The van der Waals surface area contributed by atoms with Crippen LogP contribution in [0, 0.1) is 0 Å². The number of ether oxygens (including phenoxy) is 1. The van der Waals surface area contributed by atoms with E-state index in [0.717, 1.165) is 11.1 Å². The van der Waals surface area contributed by atoms with Gasteiger partial charge in [0.25, 0.3) is 5.91 Å². The van der Waals surface area contributed by atoms with Crippen molar-refractivity contribution in [2.45, 2.75) is 6.92 Å². The van der Waals surface area contributed by atoms with E-state index in [2.05, 4.69) is 10.9 Å². The van der Waals surface area contributed by atoms with E-state index in [1.807, 2.05) is 48.5 Å². The maximum atomic E-state index is 11.5. The molecule has 0 radical (unpaired) electrons. The van der Waals surface area contributed by atoms with E-state index < -0.39 is 5.91 Å². The summed E-state index contributed by atoms with van der Waals surface area (Å²) < 4.78 is 5.52. The summed E-state index contributed by atoms with van der Waals surface area (Å²) in [5.41, 5.74) is 6.37. The first-order chi connectivity index (χ1) is 10.2. The van der Waals surface area contributed by atoms with Gasteiger partial charge in [-0.05, 0) is 11.6 Å². The lowest BCUT2D eigenvalue weighted by atomic mass is 10.1. The quantitative estimate of drug-likeness (QED) is 0.843. The molecular weight excluding hydrogens is 268 g/mol. The van der Waals surface area contributed by atoms with Crippen LogP contribution in [0.5, 0.6) is 5.75 Å². The second kappa shape index (κ2) is 7.09. The Balaban J connectivity index is 2.04. The lowest BCUT2D eigenvalue weighted by Gasteiger charge is -2.11. The largest absolute Gasteiger partial charge is 0.483 e. The van der Waals surface area contributed by atoms with Crippen LogP contribution in [0.4, 0.5) is 0 Å². The molecule has 0 aliphatic carbocycles. The number of nitrogens with one attached hydrogen (secondary N) is 2. The molecule has 2 aromatic rings. The highest BCUT2D eigenvalue weighted by atomic mass is 16.5. The Hall–Kier alpha value is -2.82. The Morgan fingerprint density at radius 3 is 2.33 bits per heavy atom. The molecule has 0 spiro atoms. The Morgan fingerprint density at radius 1 is 0.952 bits per heavy atom. The minimum Gasteiger partial charge on any atom is -0.483 e. The van der Waals surface area contributed by atoms with Crippen LogP contribution in [0.25, 0.3) is 11.1 Å². The average Bonchev–Trinajstić information content (AvgIpc) is 2.52. The molecule has 0 atom stereocenters. The van der Waals surface area contributed by atoms with Crippen LogP contribution in [0.1, 0.15) is 6.92 Å². The molecule has 0 saturated carbocycles. The van der Waals surface area contributed by atoms with Crippen molar-refractivity contribution in [3.8, 4) is 16.9 Å². The highest BCUT2D eigenvalue weighted by molar-refractivity contribution is 5.82. The molecule has 2 N–H and O–H groups in total. The minimum atomic E-state index is -0.423. The number of para-hydroxylation sites is 1. The van der Waals surface area contributed by atoms with Crippen molar-refractivity contribution in [3.05, 3.63) is 54.6 Å². The maximum Gasteiger partial charge on any atom is 0.276 e. The van der Waals surface area contributed by atoms with E-state index in [1.165, 1.54) is 6.92 Å². The fraction of sp³-hybridized carbons (Fsp3) is 0.125. The summed E-state index contributed by atoms with van der Waals surface area (Å²) in [6, 6.07) is 17.2. The summed E-state index contributed by atoms with van der Waals surface area (Å²) in [6.07, 6.45) is 0. The number of hydrogen-bond donors (Lipinski definition) is 2. The van der Waals surface area contributed by atoms with Gasteiger partial charge in [-0.2, -0.15) is 0 Å². The Morgan fingerprint density at radius 2 is 1.62 bits per heavy atom. The zero-order valence-electron chi connectivity index (χ0n) is 11.6. The number of hydrazine groups is 1. The van der Waals surface area contributed by atoms with E-state index in [9.17, 15) is 9.59 Å². The smallest absolute Gasteiger partial charge is 0.276 e. The van der Waals surface area contributed by atoms with Gasteiger partial charge in [-0.3, -0.25) is 20.4 Å². The van der Waals surface area contributed by atoms with Crippen LogP contribution < -0.4 is 15.6 Å². The third-order valence-corrected chi connectivity index (χ3v) is 2.71. The third kappa shape index (κ3) is 4.35. The molecule has 0 aromatic heterocycles. The van der Waals surface area contributed by atoms with Crippen LogP contribution >= 0.6 is 0 Å². The number of rotatable bonds is 4. The van der Waals surface area contributed by atoms with Gasteiger partial charge in [0.2, 0.25) is 5.91 Å². The van der Waals surface area contributed by atoms with Gasteiger partial charge in [-0.1, -0.05) is 48.5 Å². The van der Waals surface area contributed by atoms with Crippen molar-refractivity contribution >= 4 is 11.8 Å². The number of carbonyl (C=O) groups excluding carboxylic acids is 2. The van der Waals surface area contributed by atoms with Gasteiger partial charge in [0.1, 0.15) is 5.75 Å². The molecule has 5 heteroatoms. The molecule has 2 rings (SSSR count). The summed E-state index contributed by atoms with van der Waals surface area (Å²) in [7, 11) is 0. The van der Waals surface area contributed by atoms with E-state index in [0.29, 0.717) is 5.75 Å². The molecule has 21 heavy (non-hydrogen) atoms. The number of amides is 2. The number of benzene rings is 2. The second-order valence-corrected chi connectivity index (χ2v) is 4.38. The van der Waals surface area contributed by atoms with Crippen LogP contribution in [-0.4, -0.2) is 18.4 Å². The minimum absolute atomic E-state index is 0.176. The van der Waals surface area contributed by atoms with Crippen molar-refractivity contribution in [3.63, 3.8) is 0 Å². The Labute approximate surface area is 122 Å². The molecule has 5 nitrogen and oxygen atoms in total. The van der Waals surface area contributed by atoms with Gasteiger partial charge in [-0.15, -0.1) is 0 Å². The summed E-state index contributed by atoms with van der Waals surface area (Å²) in [6.45, 7) is 1.13. The number of hydrogen-bond acceptors (Lipinski definition) is 3. The lowest BCUT2D eigenvalue weighted by molar-refractivity contribution is -0.129. The van der Waals surface area contributed by atoms with E-state index in [1.54, 1.807) is 6.07 Å². The van der Waals surface area contributed by atoms with E-state index in [-0.39, 0.29) is 12.5 Å². The first-order valence-corrected chi connectivity index (χ1v) is 6.49. The highest BCUT2D eigenvalue weighted by Crippen LogP contribution is 2.29. The Kier molecular flexibility index (Phi) is 4.93. The van der Waals surface area contributed by atoms with E-state index >= 15 is 0 Å². The predicted molar refractivity (Wildman–Crippen MR) is 79.3 cm³/mol. The molecule has 0 unspecified atom stereocenters. The molecular formula is C16H16N2O3. The predicted octanol–water partition coefficient (Wildman–Crippen LogP) is 1.90. The molecule has 2 aromatic carbocycles. The molecule has 0 fully saturated rings. The molecule has 0 bridgehead atoms. The molecule has 108 valence electrons. The van der Waals surface area contributed by atoms with Crippen molar-refractivity contribution < 1.29 is 14.3 Å². The van der Waals surface area contributed by atoms with Crippen molar-refractivity contribution in [2.24, 2.45) is 0 Å². The standard InChI is InChI=1S/C16H16N2O3/c1-12(19)17-18-16(20)11-21-15-10-6-5-9-14(15)13-7-3-2-4-8-13/h2-10H,11H2,1H3,(H,17,19)(H,18,20).